The highest BCUT2D eigenvalue weighted by Gasteiger charge is 2.28. The Morgan fingerprint density at radius 1 is 1.33 bits per heavy atom. The van der Waals surface area contributed by atoms with Crippen molar-refractivity contribution in [3.63, 3.8) is 0 Å². The van der Waals surface area contributed by atoms with Crippen LogP contribution in [0.15, 0.2) is 12.1 Å². The molecule has 98 valence electrons. The fraction of sp³-hybridized carbons (Fsp3) is 0.500. The number of hydrogen-bond acceptors (Lipinski definition) is 3. The minimum atomic E-state index is -0.190. The molecule has 1 heterocycles. The lowest BCUT2D eigenvalue weighted by Crippen LogP contribution is -2.43. The standard InChI is InChI=1S/C14H21N3O/c1-9-7-10(2)13(11(3)8-9)16-14(18)12-5-4-6-17(12)15/h7-8,12H,4-6,15H2,1-3H3,(H,16,18)/t12-/m1/s1. The highest BCUT2D eigenvalue weighted by molar-refractivity contribution is 5.96. The number of hydrazine groups is 1. The molecule has 0 radical (unpaired) electrons. The Bertz CT molecular complexity index is 447. The first kappa shape index (κ1) is 13.1. The van der Waals surface area contributed by atoms with Crippen molar-refractivity contribution in [3.05, 3.63) is 28.8 Å². The summed E-state index contributed by atoms with van der Waals surface area (Å²) in [6.45, 7) is 6.89. The topological polar surface area (TPSA) is 58.4 Å². The lowest BCUT2D eigenvalue weighted by molar-refractivity contribution is -0.120. The van der Waals surface area contributed by atoms with Crippen LogP contribution in [0.5, 0.6) is 0 Å². The van der Waals surface area contributed by atoms with E-state index in [0.717, 1.165) is 36.2 Å². The van der Waals surface area contributed by atoms with E-state index in [4.69, 9.17) is 5.84 Å². The van der Waals surface area contributed by atoms with Crippen LogP contribution in [-0.4, -0.2) is 23.5 Å². The molecule has 18 heavy (non-hydrogen) atoms. The summed E-state index contributed by atoms with van der Waals surface area (Å²) in [5.74, 6) is 5.81. The van der Waals surface area contributed by atoms with Crippen LogP contribution in [0, 0.1) is 20.8 Å². The maximum atomic E-state index is 12.2. The zero-order chi connectivity index (χ0) is 13.3. The fourth-order valence-electron chi connectivity index (χ4n) is 2.65. The van der Waals surface area contributed by atoms with Crippen molar-refractivity contribution >= 4 is 11.6 Å². The smallest absolute Gasteiger partial charge is 0.243 e. The third-order valence-corrected chi connectivity index (χ3v) is 3.52. The number of nitrogens with two attached hydrogens (primary N) is 1. The van der Waals surface area contributed by atoms with Crippen molar-refractivity contribution in [1.29, 1.82) is 0 Å². The van der Waals surface area contributed by atoms with Crippen LogP contribution in [0.4, 0.5) is 5.69 Å². The molecule has 0 aliphatic carbocycles. The van der Waals surface area contributed by atoms with Gasteiger partial charge < -0.3 is 5.32 Å². The Kier molecular flexibility index (Phi) is 3.68. The monoisotopic (exact) mass is 247 g/mol. The van der Waals surface area contributed by atoms with Gasteiger partial charge in [-0.3, -0.25) is 10.6 Å². The Morgan fingerprint density at radius 3 is 2.44 bits per heavy atom. The predicted molar refractivity (Wildman–Crippen MR) is 73.2 cm³/mol. The highest BCUT2D eigenvalue weighted by atomic mass is 16.2. The van der Waals surface area contributed by atoms with Crippen molar-refractivity contribution < 1.29 is 4.79 Å². The molecule has 1 saturated heterocycles. The van der Waals surface area contributed by atoms with E-state index in [9.17, 15) is 4.79 Å². The molecule has 1 aliphatic heterocycles. The molecule has 0 saturated carbocycles. The third-order valence-electron chi connectivity index (χ3n) is 3.52. The normalized spacial score (nSPS) is 20.1. The Balaban J connectivity index is 2.17. The van der Waals surface area contributed by atoms with Gasteiger partial charge in [0.25, 0.3) is 0 Å². The highest BCUT2D eigenvalue weighted by Crippen LogP contribution is 2.23. The largest absolute Gasteiger partial charge is 0.324 e. The lowest BCUT2D eigenvalue weighted by Gasteiger charge is -2.20. The third kappa shape index (κ3) is 2.54. The molecule has 1 aliphatic rings. The van der Waals surface area contributed by atoms with Crippen molar-refractivity contribution in [2.24, 2.45) is 5.84 Å². The number of aryl methyl sites for hydroxylation is 3. The Labute approximate surface area is 108 Å². The van der Waals surface area contributed by atoms with Gasteiger partial charge >= 0.3 is 0 Å². The summed E-state index contributed by atoms with van der Waals surface area (Å²) in [6, 6.07) is 3.97. The van der Waals surface area contributed by atoms with E-state index in [2.05, 4.69) is 24.4 Å². The number of rotatable bonds is 2. The molecule has 2 rings (SSSR count). The van der Waals surface area contributed by atoms with Gasteiger partial charge in [0.05, 0.1) is 0 Å². The molecule has 1 amide bonds. The number of hydrogen-bond donors (Lipinski definition) is 2. The first-order chi connectivity index (χ1) is 8.49. The molecular formula is C14H21N3O. The Hall–Kier alpha value is -1.39. The zero-order valence-corrected chi connectivity index (χ0v) is 11.3. The molecule has 1 aromatic rings. The maximum absolute atomic E-state index is 12.2. The summed E-state index contributed by atoms with van der Waals surface area (Å²) in [6.07, 6.45) is 1.83. The first-order valence-corrected chi connectivity index (χ1v) is 6.39. The molecule has 0 unspecified atom stereocenters. The van der Waals surface area contributed by atoms with E-state index in [0.29, 0.717) is 0 Å². The molecule has 3 N–H and O–H groups in total. The van der Waals surface area contributed by atoms with Crippen molar-refractivity contribution in [2.75, 3.05) is 11.9 Å². The minimum Gasteiger partial charge on any atom is -0.324 e. The van der Waals surface area contributed by atoms with Crippen LogP contribution in [0.1, 0.15) is 29.5 Å². The van der Waals surface area contributed by atoms with E-state index in [1.54, 1.807) is 5.01 Å². The second-order valence-corrected chi connectivity index (χ2v) is 5.16. The van der Waals surface area contributed by atoms with Crippen LogP contribution in [0.2, 0.25) is 0 Å². The summed E-state index contributed by atoms with van der Waals surface area (Å²) >= 11 is 0. The van der Waals surface area contributed by atoms with Gasteiger partial charge in [-0.05, 0) is 44.7 Å². The van der Waals surface area contributed by atoms with Gasteiger partial charge in [0.15, 0.2) is 0 Å². The second kappa shape index (κ2) is 5.08. The van der Waals surface area contributed by atoms with E-state index in [1.807, 2.05) is 13.8 Å². The number of anilines is 1. The quantitative estimate of drug-likeness (QED) is 0.785. The molecule has 1 fully saturated rings. The Morgan fingerprint density at radius 2 is 1.94 bits per heavy atom. The van der Waals surface area contributed by atoms with Gasteiger partial charge in [0.2, 0.25) is 5.91 Å². The van der Waals surface area contributed by atoms with Gasteiger partial charge in [-0.1, -0.05) is 17.7 Å². The second-order valence-electron chi connectivity index (χ2n) is 5.16. The van der Waals surface area contributed by atoms with E-state index in [-0.39, 0.29) is 11.9 Å². The fourth-order valence-corrected chi connectivity index (χ4v) is 2.65. The zero-order valence-electron chi connectivity index (χ0n) is 11.3. The van der Waals surface area contributed by atoms with Crippen LogP contribution in [0.25, 0.3) is 0 Å². The van der Waals surface area contributed by atoms with Crippen molar-refractivity contribution in [2.45, 2.75) is 39.7 Å². The van der Waals surface area contributed by atoms with E-state index in [1.165, 1.54) is 5.56 Å². The summed E-state index contributed by atoms with van der Waals surface area (Å²) in [4.78, 5) is 12.2. The summed E-state index contributed by atoms with van der Waals surface area (Å²) in [5.41, 5.74) is 4.33. The molecule has 4 heteroatoms. The molecule has 0 aromatic heterocycles. The van der Waals surface area contributed by atoms with Crippen molar-refractivity contribution in [1.82, 2.24) is 5.01 Å². The number of carbonyl (C=O) groups excluding carboxylic acids is 1. The van der Waals surface area contributed by atoms with E-state index < -0.39 is 0 Å². The van der Waals surface area contributed by atoms with Gasteiger partial charge in [-0.15, -0.1) is 0 Å². The number of nitrogens with zero attached hydrogens (tertiary/aromatic N) is 1. The SMILES string of the molecule is Cc1cc(C)c(NC(=O)[C@H]2CCCN2N)c(C)c1. The molecule has 1 aromatic carbocycles. The van der Waals surface area contributed by atoms with Gasteiger partial charge in [0, 0.05) is 12.2 Å². The first-order valence-electron chi connectivity index (χ1n) is 6.39. The van der Waals surface area contributed by atoms with Gasteiger partial charge in [-0.25, -0.2) is 5.01 Å². The molecule has 0 bridgehead atoms. The van der Waals surface area contributed by atoms with Gasteiger partial charge in [0.1, 0.15) is 6.04 Å². The lowest BCUT2D eigenvalue weighted by atomic mass is 10.0. The van der Waals surface area contributed by atoms with Crippen LogP contribution in [-0.2, 0) is 4.79 Å². The molecule has 4 nitrogen and oxygen atoms in total. The van der Waals surface area contributed by atoms with Crippen LogP contribution >= 0.6 is 0 Å². The van der Waals surface area contributed by atoms with E-state index >= 15 is 0 Å². The summed E-state index contributed by atoms with van der Waals surface area (Å²) in [5, 5.41) is 4.65. The van der Waals surface area contributed by atoms with Crippen LogP contribution in [0.3, 0.4) is 0 Å². The number of nitrogens with one attached hydrogen (secondary N) is 1. The number of carbonyl (C=O) groups is 1. The molecule has 0 spiro atoms. The minimum absolute atomic E-state index is 0.00468. The summed E-state index contributed by atoms with van der Waals surface area (Å²) < 4.78 is 0. The van der Waals surface area contributed by atoms with Crippen LogP contribution < -0.4 is 11.2 Å². The number of amides is 1. The molecular weight excluding hydrogens is 226 g/mol. The summed E-state index contributed by atoms with van der Waals surface area (Å²) in [7, 11) is 0. The predicted octanol–water partition coefficient (Wildman–Crippen LogP) is 1.89. The average molecular weight is 247 g/mol. The average Bonchev–Trinajstić information content (AvgIpc) is 2.69. The maximum Gasteiger partial charge on any atom is 0.243 e. The number of benzene rings is 1. The van der Waals surface area contributed by atoms with Crippen molar-refractivity contribution in [3.8, 4) is 0 Å². The molecule has 1 atom stereocenters. The van der Waals surface area contributed by atoms with Gasteiger partial charge in [-0.2, -0.15) is 0 Å².